The molecule has 0 aromatic rings. The molecule has 0 spiro atoms. The van der Waals surface area contributed by atoms with Crippen LogP contribution in [-0.2, 0) is 14.3 Å². The maximum atomic E-state index is 13.0. The molecular formula is C61H119NO8. The minimum Gasteiger partial charge on any atom is -0.394 e. The van der Waals surface area contributed by atoms with Crippen LogP contribution < -0.4 is 5.32 Å². The Morgan fingerprint density at radius 3 is 1.11 bits per heavy atom. The van der Waals surface area contributed by atoms with E-state index < -0.39 is 49.5 Å². The molecule has 6 N–H and O–H groups in total. The van der Waals surface area contributed by atoms with E-state index in [9.17, 15) is 30.3 Å². The molecule has 1 heterocycles. The smallest absolute Gasteiger partial charge is 0.220 e. The van der Waals surface area contributed by atoms with Gasteiger partial charge >= 0.3 is 0 Å². The van der Waals surface area contributed by atoms with Gasteiger partial charge in [-0.05, 0) is 19.3 Å². The van der Waals surface area contributed by atoms with Crippen LogP contribution in [0.1, 0.15) is 316 Å². The number of allylic oxidation sites excluding steroid dienone is 1. The molecule has 0 aromatic carbocycles. The summed E-state index contributed by atoms with van der Waals surface area (Å²) < 4.78 is 11.3. The summed E-state index contributed by atoms with van der Waals surface area (Å²) in [5.41, 5.74) is 0. The van der Waals surface area contributed by atoms with Crippen LogP contribution in [-0.4, -0.2) is 87.5 Å². The van der Waals surface area contributed by atoms with E-state index in [0.717, 1.165) is 38.5 Å². The predicted octanol–water partition coefficient (Wildman–Crippen LogP) is 15.6. The average molecular weight is 995 g/mol. The summed E-state index contributed by atoms with van der Waals surface area (Å²) in [5, 5.41) is 54.4. The highest BCUT2D eigenvalue weighted by atomic mass is 16.7. The Labute approximate surface area is 433 Å². The van der Waals surface area contributed by atoms with Crippen molar-refractivity contribution >= 4 is 5.91 Å². The lowest BCUT2D eigenvalue weighted by Gasteiger charge is -2.40. The van der Waals surface area contributed by atoms with Crippen molar-refractivity contribution in [2.45, 2.75) is 358 Å². The number of ether oxygens (including phenoxy) is 2. The monoisotopic (exact) mass is 994 g/mol. The second kappa shape index (κ2) is 51.4. The van der Waals surface area contributed by atoms with Gasteiger partial charge in [-0.15, -0.1) is 0 Å². The van der Waals surface area contributed by atoms with E-state index in [1.165, 1.54) is 257 Å². The maximum absolute atomic E-state index is 13.0. The van der Waals surface area contributed by atoms with E-state index in [1.807, 2.05) is 6.08 Å². The summed E-state index contributed by atoms with van der Waals surface area (Å²) in [6, 6.07) is -0.799. The van der Waals surface area contributed by atoms with Crippen molar-refractivity contribution in [2.24, 2.45) is 0 Å². The quantitative estimate of drug-likeness (QED) is 0.0261. The zero-order valence-corrected chi connectivity index (χ0v) is 46.3. The number of hydrogen-bond acceptors (Lipinski definition) is 8. The van der Waals surface area contributed by atoms with E-state index in [4.69, 9.17) is 9.47 Å². The number of amides is 1. The van der Waals surface area contributed by atoms with Gasteiger partial charge in [-0.3, -0.25) is 4.79 Å². The highest BCUT2D eigenvalue weighted by Crippen LogP contribution is 2.23. The highest BCUT2D eigenvalue weighted by molar-refractivity contribution is 5.76. The fraction of sp³-hybridized carbons (Fsp3) is 0.951. The Balaban J connectivity index is 2.06. The van der Waals surface area contributed by atoms with Crippen molar-refractivity contribution in [1.29, 1.82) is 0 Å². The Hall–Kier alpha value is -1.07. The number of rotatable bonds is 54. The lowest BCUT2D eigenvalue weighted by molar-refractivity contribution is -0.302. The maximum Gasteiger partial charge on any atom is 0.220 e. The summed E-state index contributed by atoms with van der Waals surface area (Å²) in [4.78, 5) is 13.0. The second-order valence-electron chi connectivity index (χ2n) is 21.9. The van der Waals surface area contributed by atoms with Crippen LogP contribution in [0.3, 0.4) is 0 Å². The normalized spacial score (nSPS) is 19.3. The third-order valence-corrected chi connectivity index (χ3v) is 15.1. The second-order valence-corrected chi connectivity index (χ2v) is 21.9. The largest absolute Gasteiger partial charge is 0.394 e. The molecule has 1 saturated heterocycles. The third kappa shape index (κ3) is 40.3. The highest BCUT2D eigenvalue weighted by Gasteiger charge is 2.44. The summed E-state index contributed by atoms with van der Waals surface area (Å²) in [7, 11) is 0. The van der Waals surface area contributed by atoms with Crippen LogP contribution in [0.25, 0.3) is 0 Å². The van der Waals surface area contributed by atoms with Gasteiger partial charge in [0.05, 0.1) is 25.4 Å². The van der Waals surface area contributed by atoms with Gasteiger partial charge in [-0.2, -0.15) is 0 Å². The SMILES string of the molecule is CCCCCCCCCCCCC/C=C/[C@@H](O)[C@H](CO[C@@H]1O[C@H](CO)[C@@H](O)C(O)C1O)NC(=O)CCCCCCCCCCCCCCCCCCCCCCCCCCCCCCCCCCCC. The first-order chi connectivity index (χ1) is 34.3. The standard InChI is InChI=1S/C61H119NO8/c1-3-5-7-9-11-13-15-17-18-19-20-21-22-23-24-25-26-27-28-29-30-31-32-33-34-35-36-37-39-41-43-45-47-49-51-57(65)62-54(53-69-61-60(68)59(67)58(66)56(52-63)70-61)55(64)50-48-46-44-42-40-38-16-14-12-10-8-6-4-2/h48,50,54-56,58-61,63-64,66-68H,3-47,49,51-53H2,1-2H3,(H,62,65)/b50-48+/t54-,55+,56+,58+,59?,60?,61+/m0/s1. The van der Waals surface area contributed by atoms with E-state index in [1.54, 1.807) is 6.08 Å². The zero-order chi connectivity index (χ0) is 50.8. The van der Waals surface area contributed by atoms with Crippen molar-refractivity contribution in [2.75, 3.05) is 13.2 Å². The zero-order valence-electron chi connectivity index (χ0n) is 46.3. The molecule has 0 saturated carbocycles. The number of nitrogens with one attached hydrogen (secondary N) is 1. The molecule has 0 bridgehead atoms. The molecule has 0 aromatic heterocycles. The number of aliphatic hydroxyl groups excluding tert-OH is 5. The van der Waals surface area contributed by atoms with Gasteiger partial charge < -0.3 is 40.3 Å². The average Bonchev–Trinajstić information content (AvgIpc) is 3.36. The van der Waals surface area contributed by atoms with Crippen LogP contribution in [0.15, 0.2) is 12.2 Å². The van der Waals surface area contributed by atoms with Gasteiger partial charge in [0.15, 0.2) is 6.29 Å². The van der Waals surface area contributed by atoms with Crippen molar-refractivity contribution in [1.82, 2.24) is 5.32 Å². The molecule has 7 atom stereocenters. The van der Waals surface area contributed by atoms with Crippen LogP contribution in [0, 0.1) is 0 Å². The number of unbranched alkanes of at least 4 members (excludes halogenated alkanes) is 44. The van der Waals surface area contributed by atoms with Crippen molar-refractivity contribution in [3.63, 3.8) is 0 Å². The number of aliphatic hydroxyl groups is 5. The molecule has 1 amide bonds. The molecule has 0 radical (unpaired) electrons. The molecule has 1 rings (SSSR count). The summed E-state index contributed by atoms with van der Waals surface area (Å²) in [6.45, 7) is 3.81. The molecule has 0 aliphatic carbocycles. The van der Waals surface area contributed by atoms with E-state index in [2.05, 4.69) is 19.2 Å². The molecule has 1 aliphatic heterocycles. The van der Waals surface area contributed by atoms with E-state index >= 15 is 0 Å². The Morgan fingerprint density at radius 1 is 0.471 bits per heavy atom. The molecular weight excluding hydrogens is 875 g/mol. The number of carbonyl (C=O) groups excluding carboxylic acids is 1. The van der Waals surface area contributed by atoms with Crippen LogP contribution in [0.2, 0.25) is 0 Å². The van der Waals surface area contributed by atoms with Gasteiger partial charge in [0.25, 0.3) is 0 Å². The fourth-order valence-corrected chi connectivity index (χ4v) is 10.2. The van der Waals surface area contributed by atoms with Crippen molar-refractivity contribution in [3.05, 3.63) is 12.2 Å². The molecule has 70 heavy (non-hydrogen) atoms. The van der Waals surface area contributed by atoms with Gasteiger partial charge in [-0.1, -0.05) is 302 Å². The van der Waals surface area contributed by atoms with Crippen molar-refractivity contribution < 1.29 is 39.8 Å². The lowest BCUT2D eigenvalue weighted by Crippen LogP contribution is -2.60. The first kappa shape index (κ1) is 66.9. The van der Waals surface area contributed by atoms with E-state index in [0.29, 0.717) is 6.42 Å². The summed E-state index contributed by atoms with van der Waals surface area (Å²) >= 11 is 0. The molecule has 416 valence electrons. The van der Waals surface area contributed by atoms with Gasteiger partial charge in [0.2, 0.25) is 5.91 Å². The van der Waals surface area contributed by atoms with E-state index in [-0.39, 0.29) is 12.5 Å². The Kier molecular flexibility index (Phi) is 49.2. The lowest BCUT2D eigenvalue weighted by atomic mass is 9.99. The van der Waals surface area contributed by atoms with Crippen molar-refractivity contribution in [3.8, 4) is 0 Å². The van der Waals surface area contributed by atoms with Crippen LogP contribution >= 0.6 is 0 Å². The molecule has 1 fully saturated rings. The first-order valence-electron chi connectivity index (χ1n) is 30.9. The Morgan fingerprint density at radius 2 is 0.786 bits per heavy atom. The molecule has 2 unspecified atom stereocenters. The number of carbonyl (C=O) groups is 1. The third-order valence-electron chi connectivity index (χ3n) is 15.1. The van der Waals surface area contributed by atoms with Gasteiger partial charge in [0, 0.05) is 6.42 Å². The minimum absolute atomic E-state index is 0.170. The first-order valence-corrected chi connectivity index (χ1v) is 30.9. The molecule has 9 nitrogen and oxygen atoms in total. The summed E-state index contributed by atoms with van der Waals surface area (Å²) in [5.74, 6) is -0.170. The van der Waals surface area contributed by atoms with Gasteiger partial charge in [-0.25, -0.2) is 0 Å². The summed E-state index contributed by atoms with van der Waals surface area (Å²) in [6.07, 6.45) is 57.4. The number of hydrogen-bond donors (Lipinski definition) is 6. The molecule has 9 heteroatoms. The Bertz CT molecular complexity index is 1110. The topological polar surface area (TPSA) is 149 Å². The predicted molar refractivity (Wildman–Crippen MR) is 295 cm³/mol. The molecule has 1 aliphatic rings. The van der Waals surface area contributed by atoms with Crippen LogP contribution in [0.4, 0.5) is 0 Å². The van der Waals surface area contributed by atoms with Crippen LogP contribution in [0.5, 0.6) is 0 Å². The minimum atomic E-state index is -1.56. The van der Waals surface area contributed by atoms with Gasteiger partial charge in [0.1, 0.15) is 24.4 Å². The fourth-order valence-electron chi connectivity index (χ4n) is 10.2.